The summed E-state index contributed by atoms with van der Waals surface area (Å²) in [4.78, 5) is 18.7. The number of aromatic nitrogens is 5. The first-order valence-corrected chi connectivity index (χ1v) is 12.8. The van der Waals surface area contributed by atoms with Crippen molar-refractivity contribution < 1.29 is 4.74 Å². The zero-order valence-corrected chi connectivity index (χ0v) is 21.2. The Hall–Kier alpha value is -3.52. The van der Waals surface area contributed by atoms with Gasteiger partial charge < -0.3 is 9.72 Å². The van der Waals surface area contributed by atoms with Gasteiger partial charge in [-0.05, 0) is 59.0 Å². The van der Waals surface area contributed by atoms with Crippen LogP contribution in [0.15, 0.2) is 59.4 Å². The van der Waals surface area contributed by atoms with Crippen molar-refractivity contribution in [3.63, 3.8) is 0 Å². The van der Waals surface area contributed by atoms with E-state index in [-0.39, 0.29) is 17.5 Å². The number of methoxy groups -OCH3 is 1. The second kappa shape index (κ2) is 10.6. The molecule has 36 heavy (non-hydrogen) atoms. The van der Waals surface area contributed by atoms with Gasteiger partial charge in [0.05, 0.1) is 19.7 Å². The van der Waals surface area contributed by atoms with E-state index in [2.05, 4.69) is 51.4 Å². The monoisotopic (exact) mass is 486 g/mol. The molecule has 2 aromatic carbocycles. The third-order valence-electron chi connectivity index (χ3n) is 7.26. The number of pyridine rings is 1. The zero-order valence-electron chi connectivity index (χ0n) is 21.2. The van der Waals surface area contributed by atoms with Crippen LogP contribution in [0, 0.1) is 5.92 Å². The molecule has 0 radical (unpaired) electrons. The first-order valence-electron chi connectivity index (χ1n) is 12.8. The Kier molecular flexibility index (Phi) is 7.13. The Morgan fingerprint density at radius 2 is 1.89 bits per heavy atom. The number of ether oxygens (including phenoxy) is 1. The average molecular weight is 487 g/mol. The lowest BCUT2D eigenvalue weighted by Crippen LogP contribution is -2.41. The van der Waals surface area contributed by atoms with E-state index >= 15 is 0 Å². The Labute approximate surface area is 211 Å². The van der Waals surface area contributed by atoms with E-state index < -0.39 is 0 Å². The van der Waals surface area contributed by atoms with Crippen molar-refractivity contribution in [3.8, 4) is 5.75 Å². The first-order chi connectivity index (χ1) is 17.5. The summed E-state index contributed by atoms with van der Waals surface area (Å²) >= 11 is 0. The molecular formula is C28H34N6O2. The molecule has 0 amide bonds. The summed E-state index contributed by atoms with van der Waals surface area (Å²) in [5.41, 5.74) is 2.66. The molecule has 1 N–H and O–H groups in total. The molecule has 1 fully saturated rings. The SMILES string of the molecule is COc1ccc2[nH]c(=O)c(CN(C3CCCC3)C(c3nnnn3Cc3ccccc3)C(C)C)cc2c1. The van der Waals surface area contributed by atoms with Crippen molar-refractivity contribution in [2.75, 3.05) is 7.11 Å². The van der Waals surface area contributed by atoms with Gasteiger partial charge in [0.1, 0.15) is 5.75 Å². The molecule has 1 aliphatic carbocycles. The van der Waals surface area contributed by atoms with E-state index in [0.29, 0.717) is 19.1 Å². The summed E-state index contributed by atoms with van der Waals surface area (Å²) in [6.45, 7) is 5.57. The number of nitrogens with one attached hydrogen (secondary N) is 1. The summed E-state index contributed by atoms with van der Waals surface area (Å²) in [7, 11) is 1.66. The van der Waals surface area contributed by atoms with Gasteiger partial charge in [0.15, 0.2) is 5.82 Å². The van der Waals surface area contributed by atoms with Crippen LogP contribution in [0.5, 0.6) is 5.75 Å². The van der Waals surface area contributed by atoms with E-state index in [1.807, 2.05) is 47.1 Å². The molecule has 188 valence electrons. The highest BCUT2D eigenvalue weighted by Crippen LogP contribution is 2.36. The van der Waals surface area contributed by atoms with Gasteiger partial charge in [-0.2, -0.15) is 0 Å². The minimum absolute atomic E-state index is 0.0211. The molecule has 1 aliphatic rings. The van der Waals surface area contributed by atoms with Crippen LogP contribution >= 0.6 is 0 Å². The largest absolute Gasteiger partial charge is 0.497 e. The number of H-pyrrole nitrogens is 1. The van der Waals surface area contributed by atoms with Crippen LogP contribution in [-0.4, -0.2) is 43.2 Å². The van der Waals surface area contributed by atoms with Gasteiger partial charge in [-0.15, -0.1) is 5.10 Å². The first kappa shape index (κ1) is 24.2. The molecule has 8 heteroatoms. The lowest BCUT2D eigenvalue weighted by Gasteiger charge is -2.38. The highest BCUT2D eigenvalue weighted by Gasteiger charge is 2.35. The Morgan fingerprint density at radius 3 is 2.61 bits per heavy atom. The number of hydrogen-bond acceptors (Lipinski definition) is 6. The molecule has 0 saturated heterocycles. The fourth-order valence-electron chi connectivity index (χ4n) is 5.48. The van der Waals surface area contributed by atoms with Gasteiger partial charge in [0.25, 0.3) is 5.56 Å². The van der Waals surface area contributed by atoms with Crippen LogP contribution in [0.25, 0.3) is 10.9 Å². The standard InChI is InChI=1S/C28H34N6O2/c1-19(2)26(27-30-31-32-34(27)17-20-9-5-4-6-10-20)33(23-11-7-8-12-23)18-22-15-21-16-24(36-3)13-14-25(21)29-28(22)35/h4-6,9-10,13-16,19,23,26H,7-8,11-12,17-18H2,1-3H3,(H,29,35). The van der Waals surface area contributed by atoms with Gasteiger partial charge in [0.2, 0.25) is 0 Å². The summed E-state index contributed by atoms with van der Waals surface area (Å²) in [5.74, 6) is 1.87. The highest BCUT2D eigenvalue weighted by molar-refractivity contribution is 5.80. The number of rotatable bonds is 9. The number of benzene rings is 2. The molecule has 8 nitrogen and oxygen atoms in total. The van der Waals surface area contributed by atoms with E-state index in [1.165, 1.54) is 12.8 Å². The van der Waals surface area contributed by atoms with Gasteiger partial charge in [-0.3, -0.25) is 9.69 Å². The summed E-state index contributed by atoms with van der Waals surface area (Å²) in [5, 5.41) is 13.9. The molecule has 2 heterocycles. The van der Waals surface area contributed by atoms with Crippen molar-refractivity contribution in [3.05, 3.63) is 81.9 Å². The molecule has 1 unspecified atom stereocenters. The minimum Gasteiger partial charge on any atom is -0.497 e. The van der Waals surface area contributed by atoms with Crippen LogP contribution in [0.2, 0.25) is 0 Å². The Morgan fingerprint density at radius 1 is 1.11 bits per heavy atom. The van der Waals surface area contributed by atoms with E-state index in [1.54, 1.807) is 7.11 Å². The van der Waals surface area contributed by atoms with Gasteiger partial charge >= 0.3 is 0 Å². The van der Waals surface area contributed by atoms with Crippen molar-refractivity contribution in [2.24, 2.45) is 5.92 Å². The number of fused-ring (bicyclic) bond motifs is 1. The van der Waals surface area contributed by atoms with Crippen molar-refractivity contribution in [1.29, 1.82) is 0 Å². The fraction of sp³-hybridized carbons (Fsp3) is 0.429. The second-order valence-corrected chi connectivity index (χ2v) is 10.1. The Balaban J connectivity index is 1.53. The third-order valence-corrected chi connectivity index (χ3v) is 7.26. The summed E-state index contributed by atoms with van der Waals surface area (Å²) in [6.07, 6.45) is 4.63. The summed E-state index contributed by atoms with van der Waals surface area (Å²) < 4.78 is 7.32. The smallest absolute Gasteiger partial charge is 0.252 e. The fourth-order valence-corrected chi connectivity index (χ4v) is 5.48. The number of nitrogens with zero attached hydrogens (tertiary/aromatic N) is 5. The second-order valence-electron chi connectivity index (χ2n) is 10.1. The predicted octanol–water partition coefficient (Wildman–Crippen LogP) is 4.71. The maximum Gasteiger partial charge on any atom is 0.252 e. The molecule has 0 bridgehead atoms. The molecule has 1 atom stereocenters. The number of hydrogen-bond donors (Lipinski definition) is 1. The van der Waals surface area contributed by atoms with Gasteiger partial charge in [-0.25, -0.2) is 4.68 Å². The lowest BCUT2D eigenvalue weighted by molar-refractivity contribution is 0.0844. The number of tetrazole rings is 1. The molecule has 4 aromatic rings. The van der Waals surface area contributed by atoms with Crippen molar-refractivity contribution in [1.82, 2.24) is 30.1 Å². The number of aromatic amines is 1. The van der Waals surface area contributed by atoms with Crippen LogP contribution < -0.4 is 10.3 Å². The van der Waals surface area contributed by atoms with E-state index in [0.717, 1.165) is 46.4 Å². The maximum atomic E-state index is 13.2. The van der Waals surface area contributed by atoms with Crippen LogP contribution in [0.3, 0.4) is 0 Å². The molecule has 0 aliphatic heterocycles. The van der Waals surface area contributed by atoms with Crippen molar-refractivity contribution in [2.45, 2.75) is 64.7 Å². The molecular weight excluding hydrogens is 452 g/mol. The molecule has 5 rings (SSSR count). The van der Waals surface area contributed by atoms with E-state index in [9.17, 15) is 4.79 Å². The van der Waals surface area contributed by atoms with E-state index in [4.69, 9.17) is 4.74 Å². The topological polar surface area (TPSA) is 88.9 Å². The highest BCUT2D eigenvalue weighted by atomic mass is 16.5. The van der Waals surface area contributed by atoms with Gasteiger partial charge in [0, 0.05) is 29.1 Å². The average Bonchev–Trinajstić information content (AvgIpc) is 3.57. The zero-order chi connectivity index (χ0) is 25.1. The minimum atomic E-state index is -0.0537. The Bertz CT molecular complexity index is 1360. The molecule has 1 saturated carbocycles. The quantitative estimate of drug-likeness (QED) is 0.368. The maximum absolute atomic E-state index is 13.2. The lowest BCUT2D eigenvalue weighted by atomic mass is 9.97. The van der Waals surface area contributed by atoms with Crippen LogP contribution in [0.1, 0.15) is 62.5 Å². The van der Waals surface area contributed by atoms with Crippen molar-refractivity contribution >= 4 is 10.9 Å². The molecule has 0 spiro atoms. The normalized spacial score (nSPS) is 15.2. The molecule has 2 aromatic heterocycles. The van der Waals surface area contributed by atoms with Gasteiger partial charge in [-0.1, -0.05) is 57.0 Å². The predicted molar refractivity (Wildman–Crippen MR) is 140 cm³/mol. The van der Waals surface area contributed by atoms with Crippen LogP contribution in [-0.2, 0) is 13.1 Å². The third kappa shape index (κ3) is 5.04. The summed E-state index contributed by atoms with van der Waals surface area (Å²) in [6, 6.07) is 18.3. The van der Waals surface area contributed by atoms with Crippen LogP contribution in [0.4, 0.5) is 0 Å².